The number of anilines is 1. The van der Waals surface area contributed by atoms with Crippen molar-refractivity contribution in [2.75, 3.05) is 18.0 Å². The van der Waals surface area contributed by atoms with E-state index in [2.05, 4.69) is 0 Å². The smallest absolute Gasteiger partial charge is 0.418 e. The molecule has 3 rings (SSSR count). The van der Waals surface area contributed by atoms with Gasteiger partial charge in [-0.1, -0.05) is 26.0 Å². The van der Waals surface area contributed by atoms with Gasteiger partial charge in [0.25, 0.3) is 0 Å². The summed E-state index contributed by atoms with van der Waals surface area (Å²) in [5.74, 6) is -1.05. The first-order chi connectivity index (χ1) is 13.8. The number of phenolic OH excluding ortho intramolecular Hbond substituents is 2. The topological polar surface area (TPSA) is 63.9 Å². The van der Waals surface area contributed by atoms with E-state index in [1.54, 1.807) is 12.2 Å². The van der Waals surface area contributed by atoms with Gasteiger partial charge >= 0.3 is 6.18 Å². The number of alkyl halides is 3. The molecule has 0 amide bonds. The fourth-order valence-electron chi connectivity index (χ4n) is 3.96. The molecule has 0 aromatic heterocycles. The second-order valence-corrected chi connectivity index (χ2v) is 8.28. The number of phenols is 2. The van der Waals surface area contributed by atoms with Crippen LogP contribution in [0.15, 0.2) is 42.5 Å². The number of aliphatic hydroxyl groups is 1. The summed E-state index contributed by atoms with van der Waals surface area (Å²) in [4.78, 5) is 1.38. The molecule has 0 saturated heterocycles. The Balaban J connectivity index is 1.96. The Morgan fingerprint density at radius 1 is 1.03 bits per heavy atom. The molecule has 0 aliphatic carbocycles. The molecule has 1 heterocycles. The first kappa shape index (κ1) is 22.0. The molecule has 162 valence electrons. The monoisotopic (exact) mass is 425 g/mol. The molecular formula is C22H23F4NO3. The average molecular weight is 425 g/mol. The van der Waals surface area contributed by atoms with Crippen LogP contribution in [-0.4, -0.2) is 40.2 Å². The second kappa shape index (κ2) is 7.50. The van der Waals surface area contributed by atoms with Crippen molar-refractivity contribution >= 4 is 11.8 Å². The van der Waals surface area contributed by atoms with Crippen molar-refractivity contribution in [1.82, 2.24) is 0 Å². The highest BCUT2D eigenvalue weighted by Gasteiger charge is 2.57. The minimum atomic E-state index is -4.98. The molecule has 1 aliphatic heterocycles. The second-order valence-electron chi connectivity index (χ2n) is 8.28. The van der Waals surface area contributed by atoms with Gasteiger partial charge in [-0.3, -0.25) is 0 Å². The number of halogens is 4. The quantitative estimate of drug-likeness (QED) is 0.606. The van der Waals surface area contributed by atoms with Crippen LogP contribution in [-0.2, 0) is 5.41 Å². The van der Waals surface area contributed by atoms with Gasteiger partial charge in [0.05, 0.1) is 6.54 Å². The maximum atomic E-state index is 14.1. The van der Waals surface area contributed by atoms with Crippen molar-refractivity contribution in [3.63, 3.8) is 0 Å². The third-order valence-electron chi connectivity index (χ3n) is 5.38. The average Bonchev–Trinajstić information content (AvgIpc) is 2.62. The maximum Gasteiger partial charge on any atom is 0.418 e. The van der Waals surface area contributed by atoms with Crippen molar-refractivity contribution in [3.05, 3.63) is 59.4 Å². The molecule has 8 heteroatoms. The minimum absolute atomic E-state index is 0.0194. The zero-order valence-electron chi connectivity index (χ0n) is 16.5. The standard InChI is InChI=1S/C22H23F4NO3/c1-20(2,17-11-15(23)5-8-19(17)29)12-21(30,22(24,25)26)13-27-9-3-4-14-10-16(28)6-7-18(14)27/h3-8,10-11,28-30H,9,12-13H2,1-2H3. The molecule has 2 aromatic rings. The van der Waals surface area contributed by atoms with E-state index in [-0.39, 0.29) is 23.6 Å². The fourth-order valence-corrected chi connectivity index (χ4v) is 3.96. The zero-order valence-corrected chi connectivity index (χ0v) is 16.5. The minimum Gasteiger partial charge on any atom is -0.508 e. The van der Waals surface area contributed by atoms with Crippen LogP contribution in [0.2, 0.25) is 0 Å². The number of fused-ring (bicyclic) bond motifs is 1. The Kier molecular flexibility index (Phi) is 5.49. The van der Waals surface area contributed by atoms with Crippen LogP contribution in [0.4, 0.5) is 23.2 Å². The number of aromatic hydroxyl groups is 2. The molecule has 3 N–H and O–H groups in total. The van der Waals surface area contributed by atoms with Gasteiger partial charge in [0.15, 0.2) is 5.60 Å². The molecule has 0 bridgehead atoms. The lowest BCUT2D eigenvalue weighted by Gasteiger charge is -2.42. The van der Waals surface area contributed by atoms with E-state index in [4.69, 9.17) is 0 Å². The van der Waals surface area contributed by atoms with Crippen molar-refractivity contribution < 1.29 is 32.9 Å². The van der Waals surface area contributed by atoms with E-state index in [1.807, 2.05) is 0 Å². The van der Waals surface area contributed by atoms with E-state index in [9.17, 15) is 32.9 Å². The van der Waals surface area contributed by atoms with Crippen LogP contribution in [0.5, 0.6) is 11.5 Å². The molecule has 1 unspecified atom stereocenters. The highest BCUT2D eigenvalue weighted by molar-refractivity contribution is 5.72. The van der Waals surface area contributed by atoms with E-state index in [1.165, 1.54) is 36.9 Å². The summed E-state index contributed by atoms with van der Waals surface area (Å²) in [6.45, 7) is 2.21. The largest absolute Gasteiger partial charge is 0.508 e. The van der Waals surface area contributed by atoms with E-state index >= 15 is 0 Å². The highest BCUT2D eigenvalue weighted by Crippen LogP contribution is 2.44. The van der Waals surface area contributed by atoms with E-state index < -0.39 is 36.0 Å². The summed E-state index contributed by atoms with van der Waals surface area (Å²) in [5, 5.41) is 30.5. The normalized spacial score (nSPS) is 16.3. The predicted molar refractivity (Wildman–Crippen MR) is 106 cm³/mol. The molecular weight excluding hydrogens is 402 g/mol. The zero-order chi connectivity index (χ0) is 22.3. The van der Waals surface area contributed by atoms with Gasteiger partial charge in [-0.25, -0.2) is 4.39 Å². The molecule has 0 fully saturated rings. The van der Waals surface area contributed by atoms with Gasteiger partial charge in [0, 0.05) is 23.4 Å². The van der Waals surface area contributed by atoms with E-state index in [0.29, 0.717) is 11.3 Å². The Hall–Kier alpha value is -2.74. The molecule has 1 atom stereocenters. The first-order valence-electron chi connectivity index (χ1n) is 9.35. The van der Waals surface area contributed by atoms with Crippen molar-refractivity contribution in [1.29, 1.82) is 0 Å². The third kappa shape index (κ3) is 4.23. The molecule has 0 radical (unpaired) electrons. The summed E-state index contributed by atoms with van der Waals surface area (Å²) in [6.07, 6.45) is -2.45. The van der Waals surface area contributed by atoms with Crippen molar-refractivity contribution in [3.8, 4) is 11.5 Å². The molecule has 0 saturated carbocycles. The number of rotatable bonds is 5. The third-order valence-corrected chi connectivity index (χ3v) is 5.38. The molecule has 2 aromatic carbocycles. The first-order valence-corrected chi connectivity index (χ1v) is 9.35. The number of β-amino-alcohol motifs (C(OH)–C–C–N with tert-alkyl or cyclic N) is 1. The van der Waals surface area contributed by atoms with Crippen LogP contribution < -0.4 is 4.90 Å². The molecule has 1 aliphatic rings. The summed E-state index contributed by atoms with van der Waals surface area (Å²) in [7, 11) is 0. The maximum absolute atomic E-state index is 14.1. The van der Waals surface area contributed by atoms with E-state index in [0.717, 1.165) is 18.2 Å². The number of nitrogens with zero attached hydrogens (tertiary/aromatic N) is 1. The lowest BCUT2D eigenvalue weighted by Crippen LogP contribution is -2.56. The SMILES string of the molecule is CC(C)(CC(O)(CN1CC=Cc2cc(O)ccc21)C(F)(F)F)c1cc(F)ccc1O. The Morgan fingerprint density at radius 2 is 1.73 bits per heavy atom. The highest BCUT2D eigenvalue weighted by atomic mass is 19.4. The van der Waals surface area contributed by atoms with Gasteiger partial charge in [0.1, 0.15) is 17.3 Å². The van der Waals surface area contributed by atoms with Gasteiger partial charge < -0.3 is 20.2 Å². The van der Waals surface area contributed by atoms with Crippen LogP contribution in [0.3, 0.4) is 0 Å². The Morgan fingerprint density at radius 3 is 2.40 bits per heavy atom. The van der Waals surface area contributed by atoms with Crippen LogP contribution in [0.25, 0.3) is 6.08 Å². The van der Waals surface area contributed by atoms with Gasteiger partial charge in [-0.05, 0) is 48.2 Å². The summed E-state index contributed by atoms with van der Waals surface area (Å²) < 4.78 is 55.8. The number of hydrogen-bond donors (Lipinski definition) is 3. The molecule has 0 spiro atoms. The Labute approximate surface area is 171 Å². The predicted octanol–water partition coefficient (Wildman–Crippen LogP) is 4.73. The van der Waals surface area contributed by atoms with Crippen LogP contribution in [0.1, 0.15) is 31.4 Å². The Bertz CT molecular complexity index is 971. The molecule has 4 nitrogen and oxygen atoms in total. The van der Waals surface area contributed by atoms with Crippen LogP contribution in [0, 0.1) is 5.82 Å². The summed E-state index contributed by atoms with van der Waals surface area (Å²) in [5.41, 5.74) is -3.57. The fraction of sp³-hybridized carbons (Fsp3) is 0.364. The van der Waals surface area contributed by atoms with Crippen molar-refractivity contribution in [2.24, 2.45) is 0 Å². The number of benzene rings is 2. The lowest BCUT2D eigenvalue weighted by atomic mass is 9.74. The van der Waals surface area contributed by atoms with Crippen molar-refractivity contribution in [2.45, 2.75) is 37.5 Å². The van der Waals surface area contributed by atoms with Gasteiger partial charge in [-0.2, -0.15) is 13.2 Å². The van der Waals surface area contributed by atoms with Gasteiger partial charge in [0.2, 0.25) is 0 Å². The lowest BCUT2D eigenvalue weighted by molar-refractivity contribution is -0.262. The van der Waals surface area contributed by atoms with Gasteiger partial charge in [-0.15, -0.1) is 0 Å². The molecule has 30 heavy (non-hydrogen) atoms. The van der Waals surface area contributed by atoms with Crippen LogP contribution >= 0.6 is 0 Å². The number of hydrogen-bond acceptors (Lipinski definition) is 4. The summed E-state index contributed by atoms with van der Waals surface area (Å²) >= 11 is 0. The summed E-state index contributed by atoms with van der Waals surface area (Å²) in [6, 6.07) is 7.36.